The normalized spacial score (nSPS) is 9.50. The molecule has 0 fully saturated rings. The molecule has 1 aromatic rings. The third kappa shape index (κ3) is 1.30. The van der Waals surface area contributed by atoms with Crippen molar-refractivity contribution in [2.45, 2.75) is 13.8 Å². The van der Waals surface area contributed by atoms with E-state index in [0.717, 1.165) is 10.0 Å². The van der Waals surface area contributed by atoms with E-state index in [1.807, 2.05) is 6.07 Å². The topological polar surface area (TPSA) is 44.0 Å². The molecule has 62 valence electrons. The highest BCUT2D eigenvalue weighted by atomic mass is 79.9. The lowest BCUT2D eigenvalue weighted by Crippen LogP contribution is -1.88. The number of nitrogens with zero attached hydrogens (tertiary/aromatic N) is 1. The van der Waals surface area contributed by atoms with Crippen molar-refractivity contribution in [2.24, 2.45) is 0 Å². The Balaban J connectivity index is 3.54. The van der Waals surface area contributed by atoms with Gasteiger partial charge in [0.05, 0.1) is 5.56 Å². The minimum atomic E-state index is 0.203. The summed E-state index contributed by atoms with van der Waals surface area (Å²) in [5.41, 5.74) is 1.90. The third-order valence-corrected chi connectivity index (χ3v) is 2.42. The Morgan fingerprint density at radius 3 is 2.58 bits per heavy atom. The second-order valence-electron chi connectivity index (χ2n) is 2.64. The van der Waals surface area contributed by atoms with Crippen LogP contribution in [0.15, 0.2) is 10.5 Å². The molecule has 0 atom stereocenters. The van der Waals surface area contributed by atoms with E-state index >= 15 is 0 Å². The van der Waals surface area contributed by atoms with Crippen LogP contribution in [0.4, 0.5) is 0 Å². The largest absolute Gasteiger partial charge is 0.507 e. The Labute approximate surface area is 79.6 Å². The second kappa shape index (κ2) is 3.16. The molecule has 0 aromatic heterocycles. The molecular weight excluding hydrogens is 218 g/mol. The maximum atomic E-state index is 9.47. The van der Waals surface area contributed by atoms with Crippen LogP contribution in [0.3, 0.4) is 0 Å². The summed E-state index contributed by atoms with van der Waals surface area (Å²) < 4.78 is 0.734. The van der Waals surface area contributed by atoms with Crippen LogP contribution >= 0.6 is 15.9 Å². The standard InChI is InChI=1S/C9H8BrNO/c1-5-3-8(10)7(4-11)6(2)9(5)12/h3,12H,1-2H3. The first-order chi connectivity index (χ1) is 5.57. The Morgan fingerprint density at radius 2 is 2.08 bits per heavy atom. The molecule has 1 N–H and O–H groups in total. The highest BCUT2D eigenvalue weighted by Crippen LogP contribution is 2.30. The molecular formula is C9H8BrNO. The second-order valence-corrected chi connectivity index (χ2v) is 3.49. The molecule has 0 saturated heterocycles. The van der Waals surface area contributed by atoms with Crippen molar-refractivity contribution < 1.29 is 5.11 Å². The van der Waals surface area contributed by atoms with Crippen molar-refractivity contribution in [1.29, 1.82) is 5.26 Å². The first-order valence-electron chi connectivity index (χ1n) is 3.46. The van der Waals surface area contributed by atoms with Gasteiger partial charge in [-0.25, -0.2) is 0 Å². The van der Waals surface area contributed by atoms with Gasteiger partial charge in [0.1, 0.15) is 11.8 Å². The number of phenols is 1. The first kappa shape index (κ1) is 9.08. The van der Waals surface area contributed by atoms with Crippen LogP contribution in [0.2, 0.25) is 0 Å². The van der Waals surface area contributed by atoms with Gasteiger partial charge in [-0.3, -0.25) is 0 Å². The molecule has 0 unspecified atom stereocenters. The Kier molecular flexibility index (Phi) is 2.39. The van der Waals surface area contributed by atoms with Gasteiger partial charge in [0.2, 0.25) is 0 Å². The number of halogens is 1. The van der Waals surface area contributed by atoms with Gasteiger partial charge in [-0.1, -0.05) is 0 Å². The van der Waals surface area contributed by atoms with Crippen LogP contribution in [0.25, 0.3) is 0 Å². The summed E-state index contributed by atoms with van der Waals surface area (Å²) in [4.78, 5) is 0. The van der Waals surface area contributed by atoms with Gasteiger partial charge in [-0.15, -0.1) is 0 Å². The average Bonchev–Trinajstić information content (AvgIpc) is 2.01. The highest BCUT2D eigenvalue weighted by Gasteiger charge is 2.09. The fourth-order valence-corrected chi connectivity index (χ4v) is 1.79. The van der Waals surface area contributed by atoms with E-state index in [-0.39, 0.29) is 5.75 Å². The van der Waals surface area contributed by atoms with Gasteiger partial charge in [-0.2, -0.15) is 5.26 Å². The molecule has 2 nitrogen and oxygen atoms in total. The molecule has 12 heavy (non-hydrogen) atoms. The summed E-state index contributed by atoms with van der Waals surface area (Å²) in [6, 6.07) is 3.76. The van der Waals surface area contributed by atoms with Crippen LogP contribution in [0.1, 0.15) is 16.7 Å². The third-order valence-electron chi connectivity index (χ3n) is 1.80. The lowest BCUT2D eigenvalue weighted by Gasteiger charge is -2.06. The summed E-state index contributed by atoms with van der Waals surface area (Å²) in [6.45, 7) is 3.53. The number of rotatable bonds is 0. The van der Waals surface area contributed by atoms with Crippen molar-refractivity contribution >= 4 is 15.9 Å². The molecule has 0 amide bonds. The van der Waals surface area contributed by atoms with E-state index in [4.69, 9.17) is 5.26 Å². The quantitative estimate of drug-likeness (QED) is 0.738. The van der Waals surface area contributed by atoms with Crippen molar-refractivity contribution in [3.63, 3.8) is 0 Å². The molecule has 0 heterocycles. The van der Waals surface area contributed by atoms with Gasteiger partial charge in [0.15, 0.2) is 0 Å². The summed E-state index contributed by atoms with van der Waals surface area (Å²) in [7, 11) is 0. The van der Waals surface area contributed by atoms with Crippen LogP contribution in [-0.4, -0.2) is 5.11 Å². The van der Waals surface area contributed by atoms with Gasteiger partial charge in [-0.05, 0) is 41.4 Å². The molecule has 0 bridgehead atoms. The van der Waals surface area contributed by atoms with E-state index in [9.17, 15) is 5.11 Å². The number of hydrogen-bond acceptors (Lipinski definition) is 2. The number of hydrogen-bond donors (Lipinski definition) is 1. The van der Waals surface area contributed by atoms with Crippen LogP contribution in [0, 0.1) is 25.2 Å². The summed E-state index contributed by atoms with van der Waals surface area (Å²) in [6.07, 6.45) is 0. The Hall–Kier alpha value is -1.01. The van der Waals surface area contributed by atoms with Gasteiger partial charge in [0.25, 0.3) is 0 Å². The fourth-order valence-electron chi connectivity index (χ4n) is 1.06. The zero-order valence-electron chi connectivity index (χ0n) is 6.85. The number of aromatic hydroxyl groups is 1. The van der Waals surface area contributed by atoms with Crippen molar-refractivity contribution in [3.05, 3.63) is 27.2 Å². The number of phenolic OH excluding ortho intramolecular Hbond substituents is 1. The van der Waals surface area contributed by atoms with Crippen LogP contribution in [0.5, 0.6) is 5.75 Å². The van der Waals surface area contributed by atoms with E-state index in [1.165, 1.54) is 0 Å². The molecule has 1 aromatic carbocycles. The smallest absolute Gasteiger partial charge is 0.122 e. The Bertz CT molecular complexity index is 366. The van der Waals surface area contributed by atoms with E-state index in [1.54, 1.807) is 19.9 Å². The summed E-state index contributed by atoms with van der Waals surface area (Å²) in [5.74, 6) is 0.203. The van der Waals surface area contributed by atoms with Gasteiger partial charge < -0.3 is 5.11 Å². The van der Waals surface area contributed by atoms with Gasteiger partial charge >= 0.3 is 0 Å². The first-order valence-corrected chi connectivity index (χ1v) is 4.26. The molecule has 0 aliphatic heterocycles. The van der Waals surface area contributed by atoms with Crippen LogP contribution < -0.4 is 0 Å². The van der Waals surface area contributed by atoms with E-state index in [0.29, 0.717) is 11.1 Å². The minimum absolute atomic E-state index is 0.203. The molecule has 1 rings (SSSR count). The monoisotopic (exact) mass is 225 g/mol. The van der Waals surface area contributed by atoms with Crippen LogP contribution in [-0.2, 0) is 0 Å². The maximum absolute atomic E-state index is 9.47. The predicted molar refractivity (Wildman–Crippen MR) is 50.0 cm³/mol. The molecule has 3 heteroatoms. The predicted octanol–water partition coefficient (Wildman–Crippen LogP) is 2.64. The summed E-state index contributed by atoms with van der Waals surface area (Å²) in [5, 5.41) is 18.2. The lowest BCUT2D eigenvalue weighted by molar-refractivity contribution is 0.466. The molecule has 0 aliphatic carbocycles. The van der Waals surface area contributed by atoms with Crippen molar-refractivity contribution in [2.75, 3.05) is 0 Å². The van der Waals surface area contributed by atoms with Gasteiger partial charge in [0, 0.05) is 10.0 Å². The van der Waals surface area contributed by atoms with E-state index < -0.39 is 0 Å². The fraction of sp³-hybridized carbons (Fsp3) is 0.222. The average molecular weight is 226 g/mol. The van der Waals surface area contributed by atoms with E-state index in [2.05, 4.69) is 15.9 Å². The molecule has 0 aliphatic rings. The van der Waals surface area contributed by atoms with Crippen molar-refractivity contribution in [1.82, 2.24) is 0 Å². The lowest BCUT2D eigenvalue weighted by atomic mass is 10.1. The molecule has 0 spiro atoms. The zero-order valence-corrected chi connectivity index (χ0v) is 8.44. The highest BCUT2D eigenvalue weighted by molar-refractivity contribution is 9.10. The number of aryl methyl sites for hydroxylation is 1. The van der Waals surface area contributed by atoms with Crippen molar-refractivity contribution in [3.8, 4) is 11.8 Å². The number of nitriles is 1. The number of benzene rings is 1. The minimum Gasteiger partial charge on any atom is -0.507 e. The Morgan fingerprint density at radius 1 is 1.50 bits per heavy atom. The summed E-state index contributed by atoms with van der Waals surface area (Å²) >= 11 is 3.26. The zero-order chi connectivity index (χ0) is 9.30. The molecule has 0 radical (unpaired) electrons. The SMILES string of the molecule is Cc1cc(Br)c(C#N)c(C)c1O. The maximum Gasteiger partial charge on any atom is 0.122 e. The molecule has 0 saturated carbocycles.